The minimum Gasteiger partial charge on any atom is -0.443 e. The molecule has 0 saturated carbocycles. The van der Waals surface area contributed by atoms with Crippen molar-refractivity contribution in [2.45, 2.75) is 33.4 Å². The van der Waals surface area contributed by atoms with Crippen molar-refractivity contribution in [3.63, 3.8) is 0 Å². The minimum atomic E-state index is -2.19. The second-order valence-corrected chi connectivity index (χ2v) is 8.93. The van der Waals surface area contributed by atoms with Crippen LogP contribution >= 0.6 is 7.34 Å². The summed E-state index contributed by atoms with van der Waals surface area (Å²) in [5.74, 6) is 4.36. The zero-order chi connectivity index (χ0) is 16.0. The molecule has 0 heterocycles. The number of hydrogen-bond acceptors (Lipinski definition) is 2. The van der Waals surface area contributed by atoms with E-state index in [0.29, 0.717) is 5.92 Å². The van der Waals surface area contributed by atoms with Gasteiger partial charge >= 0.3 is 0 Å². The SMILES string of the molecule is CC(C)C=P(Oc1ccccc1)(Oc1ccccc1)C(C)C. The fourth-order valence-electron chi connectivity index (χ4n) is 2.17. The predicted octanol–water partition coefficient (Wildman–Crippen LogP) is 5.86. The lowest BCUT2D eigenvalue weighted by atomic mass is 10.3. The highest BCUT2D eigenvalue weighted by Gasteiger charge is 2.27. The van der Waals surface area contributed by atoms with Gasteiger partial charge in [0.05, 0.1) is 0 Å². The summed E-state index contributed by atoms with van der Waals surface area (Å²) in [7, 11) is -2.19. The number of para-hydroxylation sites is 2. The molecule has 0 aliphatic rings. The van der Waals surface area contributed by atoms with Gasteiger partial charge in [0, 0.05) is 5.66 Å². The van der Waals surface area contributed by atoms with E-state index >= 15 is 0 Å². The first-order valence-electron chi connectivity index (χ1n) is 7.75. The van der Waals surface area contributed by atoms with Crippen molar-refractivity contribution in [2.24, 2.45) is 5.92 Å². The fraction of sp³-hybridized carbons (Fsp3) is 0.316. The smallest absolute Gasteiger partial charge is 0.221 e. The van der Waals surface area contributed by atoms with Gasteiger partial charge in [0.2, 0.25) is 7.34 Å². The molecular formula is C19H25O2P. The van der Waals surface area contributed by atoms with Gasteiger partial charge < -0.3 is 9.05 Å². The summed E-state index contributed by atoms with van der Waals surface area (Å²) in [6.45, 7) is 8.66. The van der Waals surface area contributed by atoms with Crippen molar-refractivity contribution in [2.75, 3.05) is 0 Å². The highest BCUT2D eigenvalue weighted by Crippen LogP contribution is 2.54. The zero-order valence-corrected chi connectivity index (χ0v) is 14.7. The van der Waals surface area contributed by atoms with Gasteiger partial charge in [-0.3, -0.25) is 0 Å². The first-order chi connectivity index (χ1) is 10.5. The number of rotatable bonds is 6. The predicted molar refractivity (Wildman–Crippen MR) is 97.1 cm³/mol. The second kappa shape index (κ2) is 7.56. The van der Waals surface area contributed by atoms with Crippen LogP contribution in [0, 0.1) is 5.92 Å². The van der Waals surface area contributed by atoms with E-state index < -0.39 is 7.34 Å². The molecule has 22 heavy (non-hydrogen) atoms. The van der Waals surface area contributed by atoms with Crippen molar-refractivity contribution in [1.82, 2.24) is 0 Å². The van der Waals surface area contributed by atoms with Crippen molar-refractivity contribution in [3.05, 3.63) is 60.7 Å². The van der Waals surface area contributed by atoms with Crippen LogP contribution in [0.3, 0.4) is 0 Å². The second-order valence-electron chi connectivity index (χ2n) is 5.94. The van der Waals surface area contributed by atoms with Gasteiger partial charge in [0.1, 0.15) is 11.5 Å². The molecule has 0 spiro atoms. The van der Waals surface area contributed by atoms with Gasteiger partial charge in [0.25, 0.3) is 0 Å². The summed E-state index contributed by atoms with van der Waals surface area (Å²) in [6, 6.07) is 19.9. The maximum atomic E-state index is 6.41. The molecule has 0 saturated heterocycles. The van der Waals surface area contributed by atoms with Crippen LogP contribution in [0.15, 0.2) is 60.7 Å². The number of hydrogen-bond donors (Lipinski definition) is 0. The summed E-state index contributed by atoms with van der Waals surface area (Å²) >= 11 is 0. The molecule has 0 N–H and O–H groups in total. The van der Waals surface area contributed by atoms with E-state index in [2.05, 4.69) is 33.5 Å². The van der Waals surface area contributed by atoms with Gasteiger partial charge in [-0.1, -0.05) is 64.1 Å². The molecule has 0 radical (unpaired) electrons. The molecule has 3 heteroatoms. The monoisotopic (exact) mass is 316 g/mol. The summed E-state index contributed by atoms with van der Waals surface area (Å²) in [6.07, 6.45) is 0. The molecule has 2 rings (SSSR count). The van der Waals surface area contributed by atoms with Gasteiger partial charge in [-0.25, -0.2) is 0 Å². The summed E-state index contributed by atoms with van der Waals surface area (Å²) in [5, 5.41) is 0. The molecule has 0 fully saturated rings. The maximum Gasteiger partial charge on any atom is 0.221 e. The Balaban J connectivity index is 2.42. The molecule has 2 nitrogen and oxygen atoms in total. The van der Waals surface area contributed by atoms with Crippen LogP contribution in [0.1, 0.15) is 27.7 Å². The van der Waals surface area contributed by atoms with E-state index in [0.717, 1.165) is 11.5 Å². The van der Waals surface area contributed by atoms with E-state index in [-0.39, 0.29) is 5.66 Å². The number of benzene rings is 2. The molecule has 118 valence electrons. The minimum absolute atomic E-state index is 0.273. The highest BCUT2D eigenvalue weighted by atomic mass is 31.2. The van der Waals surface area contributed by atoms with Crippen LogP contribution in [0.5, 0.6) is 11.5 Å². The van der Waals surface area contributed by atoms with Crippen molar-refractivity contribution >= 4 is 13.1 Å². The Bertz CT molecular complexity index is 573. The summed E-state index contributed by atoms with van der Waals surface area (Å²) in [5.41, 5.74) is 0.273. The van der Waals surface area contributed by atoms with Crippen LogP contribution in [0.25, 0.3) is 0 Å². The molecule has 2 aromatic carbocycles. The summed E-state index contributed by atoms with van der Waals surface area (Å²) < 4.78 is 12.8. The Morgan fingerprint density at radius 1 is 0.727 bits per heavy atom. The quantitative estimate of drug-likeness (QED) is 0.622. The largest absolute Gasteiger partial charge is 0.443 e. The van der Waals surface area contributed by atoms with E-state index in [1.54, 1.807) is 0 Å². The molecule has 0 aliphatic carbocycles. The van der Waals surface area contributed by atoms with Crippen molar-refractivity contribution in [1.29, 1.82) is 0 Å². The highest BCUT2D eigenvalue weighted by molar-refractivity contribution is 7.67. The molecule has 0 atom stereocenters. The molecule has 0 amide bonds. The Labute approximate surface area is 134 Å². The Kier molecular flexibility index (Phi) is 5.74. The molecule has 0 aromatic heterocycles. The van der Waals surface area contributed by atoms with Crippen LogP contribution in [0.2, 0.25) is 0 Å². The maximum absolute atomic E-state index is 6.41. The Morgan fingerprint density at radius 2 is 1.14 bits per heavy atom. The topological polar surface area (TPSA) is 18.5 Å². The average molecular weight is 316 g/mol. The Hall–Kier alpha value is -1.66. The van der Waals surface area contributed by atoms with Crippen LogP contribution in [-0.4, -0.2) is 11.5 Å². The lowest BCUT2D eigenvalue weighted by Gasteiger charge is -2.31. The molecule has 0 bridgehead atoms. The van der Waals surface area contributed by atoms with Crippen LogP contribution < -0.4 is 9.05 Å². The lowest BCUT2D eigenvalue weighted by molar-refractivity contribution is 0.472. The van der Waals surface area contributed by atoms with Gasteiger partial charge in [-0.05, 0) is 36.0 Å². The normalized spacial score (nSPS) is 11.5. The third-order valence-corrected chi connectivity index (χ3v) is 6.65. The Morgan fingerprint density at radius 3 is 1.45 bits per heavy atom. The van der Waals surface area contributed by atoms with Crippen LogP contribution in [0.4, 0.5) is 0 Å². The van der Waals surface area contributed by atoms with E-state index in [9.17, 15) is 0 Å². The fourth-order valence-corrected chi connectivity index (χ4v) is 4.83. The third kappa shape index (κ3) is 4.42. The first-order valence-corrected chi connectivity index (χ1v) is 9.52. The summed E-state index contributed by atoms with van der Waals surface area (Å²) in [4.78, 5) is 0. The molecular weight excluding hydrogens is 291 g/mol. The van der Waals surface area contributed by atoms with E-state index in [1.807, 2.05) is 60.7 Å². The molecule has 0 unspecified atom stereocenters. The van der Waals surface area contributed by atoms with Crippen LogP contribution in [-0.2, 0) is 0 Å². The van der Waals surface area contributed by atoms with Gasteiger partial charge in [0.15, 0.2) is 0 Å². The van der Waals surface area contributed by atoms with Gasteiger partial charge in [-0.2, -0.15) is 0 Å². The molecule has 0 aliphatic heterocycles. The zero-order valence-electron chi connectivity index (χ0n) is 13.8. The van der Waals surface area contributed by atoms with Crippen molar-refractivity contribution < 1.29 is 9.05 Å². The first kappa shape index (κ1) is 16.7. The van der Waals surface area contributed by atoms with E-state index in [4.69, 9.17) is 9.05 Å². The van der Waals surface area contributed by atoms with Gasteiger partial charge in [-0.15, -0.1) is 0 Å². The third-order valence-electron chi connectivity index (χ3n) is 3.21. The average Bonchev–Trinajstić information content (AvgIpc) is 2.48. The lowest BCUT2D eigenvalue weighted by Crippen LogP contribution is -2.15. The van der Waals surface area contributed by atoms with Crippen molar-refractivity contribution in [3.8, 4) is 11.5 Å². The van der Waals surface area contributed by atoms with E-state index in [1.165, 1.54) is 0 Å². The standard InChI is InChI=1S/C19H25O2P/c1-16(2)15-22(17(3)4,20-18-11-7-5-8-12-18)21-19-13-9-6-10-14-19/h5-17H,1-4H3. The molecule has 2 aromatic rings.